The molecule has 1 radical (unpaired) electrons. The van der Waals surface area contributed by atoms with Crippen LogP contribution in [0.5, 0.6) is 5.75 Å². The van der Waals surface area contributed by atoms with Crippen molar-refractivity contribution in [3.63, 3.8) is 0 Å². The van der Waals surface area contributed by atoms with Crippen molar-refractivity contribution in [2.24, 2.45) is 0 Å². The third-order valence-electron chi connectivity index (χ3n) is 1.32. The summed E-state index contributed by atoms with van der Waals surface area (Å²) in [5.74, 6) is 0.786. The number of hydrogen-bond donors (Lipinski definition) is 1. The maximum absolute atomic E-state index is 8.67. The largest absolute Gasteiger partial charge is 0.496 e. The summed E-state index contributed by atoms with van der Waals surface area (Å²) in [6.07, 6.45) is 0. The zero-order chi connectivity index (χ0) is 8.27. The molecule has 0 fully saturated rings. The zero-order valence-electron chi connectivity index (χ0n) is 6.04. The van der Waals surface area contributed by atoms with E-state index >= 15 is 0 Å². The van der Waals surface area contributed by atoms with Crippen LogP contribution in [0.3, 0.4) is 0 Å². The molecule has 0 aliphatic heterocycles. The summed E-state index contributed by atoms with van der Waals surface area (Å²) in [4.78, 5) is 0. The van der Waals surface area contributed by atoms with Gasteiger partial charge in [-0.2, -0.15) is 0 Å². The number of hydrogen-bond acceptors (Lipinski definition) is 2. The van der Waals surface area contributed by atoms with Gasteiger partial charge >= 0.3 is 0 Å². The van der Waals surface area contributed by atoms with Gasteiger partial charge in [-0.25, -0.2) is 0 Å². The second kappa shape index (κ2) is 3.92. The van der Waals surface area contributed by atoms with Crippen LogP contribution in [0.4, 0.5) is 0 Å². The number of methoxy groups -OCH3 is 1. The summed E-state index contributed by atoms with van der Waals surface area (Å²) in [5.41, 5.74) is 0.752. The molecule has 1 rings (SSSR count). The summed E-state index contributed by atoms with van der Waals surface area (Å²) in [6, 6.07) is 5.49. The van der Waals surface area contributed by atoms with Gasteiger partial charge in [0.15, 0.2) is 0 Å². The number of ether oxygens (including phenoxy) is 1. The molecule has 2 nitrogen and oxygen atoms in total. The van der Waals surface area contributed by atoms with Gasteiger partial charge in [-0.1, -0.05) is 6.07 Å². The van der Waals surface area contributed by atoms with Crippen molar-refractivity contribution in [1.82, 2.24) is 0 Å². The number of benzene rings is 1. The van der Waals surface area contributed by atoms with E-state index in [0.29, 0.717) is 0 Å². The van der Waals surface area contributed by atoms with Crippen LogP contribution in [-0.2, 0) is 0 Å². The Bertz CT molecular complexity index is 248. The van der Waals surface area contributed by atoms with Gasteiger partial charge < -0.3 is 9.84 Å². The first-order valence-corrected chi connectivity index (χ1v) is 4.17. The van der Waals surface area contributed by atoms with Crippen LogP contribution in [0, 0.1) is 10.2 Å². The van der Waals surface area contributed by atoms with Crippen molar-refractivity contribution < 1.29 is 9.84 Å². The van der Waals surface area contributed by atoms with E-state index < -0.39 is 0 Å². The molecule has 1 aromatic rings. The Kier molecular flexibility index (Phi) is 3.14. The molecule has 0 bridgehead atoms. The number of aliphatic hydroxyl groups is 1. The van der Waals surface area contributed by atoms with E-state index in [1.54, 1.807) is 13.2 Å². The first kappa shape index (κ1) is 8.80. The molecule has 0 saturated heterocycles. The Morgan fingerprint density at radius 1 is 1.55 bits per heavy atom. The van der Waals surface area contributed by atoms with Crippen molar-refractivity contribution in [3.8, 4) is 5.75 Å². The molecule has 0 spiro atoms. The smallest absolute Gasteiger partial charge is 0.132 e. The van der Waals surface area contributed by atoms with Gasteiger partial charge in [0.1, 0.15) is 12.4 Å². The monoisotopic (exact) mass is 263 g/mol. The van der Waals surface area contributed by atoms with Crippen molar-refractivity contribution in [3.05, 3.63) is 33.9 Å². The summed E-state index contributed by atoms with van der Waals surface area (Å²) in [5, 5.41) is 8.67. The lowest BCUT2D eigenvalue weighted by Gasteiger charge is -2.03. The predicted molar refractivity (Wildman–Crippen MR) is 51.0 cm³/mol. The summed E-state index contributed by atoms with van der Waals surface area (Å²) < 4.78 is 6.09. The highest BCUT2D eigenvalue weighted by atomic mass is 127. The quantitative estimate of drug-likeness (QED) is 0.829. The molecule has 0 atom stereocenters. The van der Waals surface area contributed by atoms with Gasteiger partial charge in [-0.05, 0) is 40.3 Å². The van der Waals surface area contributed by atoms with Crippen LogP contribution in [0.25, 0.3) is 0 Å². The molecule has 0 heterocycles. The van der Waals surface area contributed by atoms with Gasteiger partial charge in [-0.3, -0.25) is 0 Å². The van der Waals surface area contributed by atoms with Crippen LogP contribution < -0.4 is 4.74 Å². The molecule has 0 saturated carbocycles. The number of aliphatic hydroxyl groups excluding tert-OH is 1. The first-order chi connectivity index (χ1) is 5.27. The molecule has 11 heavy (non-hydrogen) atoms. The standard InChI is InChI=1S/C8H8IO2/c1-11-8-4-6(5-10)2-3-7(8)9/h2-5,10H,1H3. The molecular formula is C8H8IO2. The maximum atomic E-state index is 8.67. The van der Waals surface area contributed by atoms with Gasteiger partial charge in [0.2, 0.25) is 0 Å². The van der Waals surface area contributed by atoms with Crippen molar-refractivity contribution in [2.45, 2.75) is 0 Å². The Morgan fingerprint density at radius 3 is 2.82 bits per heavy atom. The molecule has 59 valence electrons. The normalized spacial score (nSPS) is 9.73. The van der Waals surface area contributed by atoms with E-state index in [4.69, 9.17) is 9.84 Å². The molecule has 0 unspecified atom stereocenters. The Balaban J connectivity index is 3.02. The lowest BCUT2D eigenvalue weighted by atomic mass is 10.2. The number of halogens is 1. The average molecular weight is 263 g/mol. The van der Waals surface area contributed by atoms with Gasteiger partial charge in [0, 0.05) is 0 Å². The molecule has 0 aliphatic carbocycles. The third-order valence-corrected chi connectivity index (χ3v) is 2.22. The van der Waals surface area contributed by atoms with Crippen molar-refractivity contribution in [2.75, 3.05) is 7.11 Å². The molecule has 3 heteroatoms. The minimum atomic E-state index is 0.752. The third kappa shape index (κ3) is 2.07. The minimum absolute atomic E-state index is 0.752. The van der Waals surface area contributed by atoms with Gasteiger partial charge in [0.25, 0.3) is 0 Å². The minimum Gasteiger partial charge on any atom is -0.496 e. The van der Waals surface area contributed by atoms with E-state index in [-0.39, 0.29) is 0 Å². The molecule has 0 amide bonds. The average Bonchev–Trinajstić information content (AvgIpc) is 2.05. The van der Waals surface area contributed by atoms with Crippen LogP contribution in [0.2, 0.25) is 0 Å². The van der Waals surface area contributed by atoms with Crippen LogP contribution in [-0.4, -0.2) is 12.2 Å². The molecule has 1 N–H and O–H groups in total. The van der Waals surface area contributed by atoms with Gasteiger partial charge in [0.05, 0.1) is 10.7 Å². The van der Waals surface area contributed by atoms with Crippen LogP contribution >= 0.6 is 22.6 Å². The summed E-state index contributed by atoms with van der Waals surface area (Å²) >= 11 is 2.17. The summed E-state index contributed by atoms with van der Waals surface area (Å²) in [7, 11) is 1.61. The van der Waals surface area contributed by atoms with E-state index in [1.807, 2.05) is 12.1 Å². The maximum Gasteiger partial charge on any atom is 0.132 e. The highest BCUT2D eigenvalue weighted by Gasteiger charge is 1.99. The fourth-order valence-corrected chi connectivity index (χ4v) is 1.31. The van der Waals surface area contributed by atoms with Gasteiger partial charge in [-0.15, -0.1) is 0 Å². The first-order valence-electron chi connectivity index (χ1n) is 3.09. The molecule has 0 aromatic heterocycles. The van der Waals surface area contributed by atoms with Crippen LogP contribution in [0.15, 0.2) is 18.2 Å². The highest BCUT2D eigenvalue weighted by Crippen LogP contribution is 2.21. The van der Waals surface area contributed by atoms with E-state index in [0.717, 1.165) is 21.5 Å². The second-order valence-electron chi connectivity index (χ2n) is 2.02. The van der Waals surface area contributed by atoms with E-state index in [1.165, 1.54) is 0 Å². The fraction of sp³-hybridized carbons (Fsp3) is 0.125. The van der Waals surface area contributed by atoms with Crippen molar-refractivity contribution >= 4 is 22.6 Å². The van der Waals surface area contributed by atoms with Crippen molar-refractivity contribution in [1.29, 1.82) is 0 Å². The molecule has 0 aliphatic rings. The van der Waals surface area contributed by atoms with Crippen LogP contribution in [0.1, 0.15) is 5.56 Å². The van der Waals surface area contributed by atoms with E-state index in [2.05, 4.69) is 22.6 Å². The second-order valence-corrected chi connectivity index (χ2v) is 3.19. The Hall–Kier alpha value is -0.290. The molecular weight excluding hydrogens is 255 g/mol. The Morgan fingerprint density at radius 2 is 2.27 bits per heavy atom. The lowest BCUT2D eigenvalue weighted by Crippen LogP contribution is -1.88. The highest BCUT2D eigenvalue weighted by molar-refractivity contribution is 14.1. The SMILES string of the molecule is COc1cc([CH]O)ccc1I. The predicted octanol–water partition coefficient (Wildman–Crippen LogP) is 2.18. The Labute approximate surface area is 79.3 Å². The fourth-order valence-electron chi connectivity index (χ4n) is 0.757. The molecule has 1 aromatic carbocycles. The lowest BCUT2D eigenvalue weighted by molar-refractivity contribution is 0.402. The zero-order valence-corrected chi connectivity index (χ0v) is 8.20. The summed E-state index contributed by atoms with van der Waals surface area (Å²) in [6.45, 7) is 1.05. The topological polar surface area (TPSA) is 29.5 Å². The van der Waals surface area contributed by atoms with E-state index in [9.17, 15) is 0 Å². The number of rotatable bonds is 2.